The Labute approximate surface area is 112 Å². The third-order valence-electron chi connectivity index (χ3n) is 3.53. The average Bonchev–Trinajstić information content (AvgIpc) is 2.75. The Hall–Kier alpha value is -1.84. The second-order valence-corrected chi connectivity index (χ2v) is 4.77. The second kappa shape index (κ2) is 4.68. The van der Waals surface area contributed by atoms with Crippen LogP contribution >= 0.6 is 0 Å². The summed E-state index contributed by atoms with van der Waals surface area (Å²) >= 11 is 0. The molecule has 0 spiro atoms. The number of nitrogens with zero attached hydrogens (tertiary/aromatic N) is 1. The highest BCUT2D eigenvalue weighted by molar-refractivity contribution is 6.08. The molecule has 98 valence electrons. The summed E-state index contributed by atoms with van der Waals surface area (Å²) in [5.41, 5.74) is 2.16. The van der Waals surface area contributed by atoms with Crippen LogP contribution in [0.3, 0.4) is 0 Å². The molecule has 0 fully saturated rings. The molecule has 3 nitrogen and oxygen atoms in total. The Morgan fingerprint density at radius 2 is 1.42 bits per heavy atom. The van der Waals surface area contributed by atoms with E-state index in [0.717, 1.165) is 11.0 Å². The number of benzene rings is 2. The van der Waals surface area contributed by atoms with Crippen molar-refractivity contribution < 1.29 is 9.84 Å². The van der Waals surface area contributed by atoms with Gasteiger partial charge in [-0.15, -0.1) is 0 Å². The van der Waals surface area contributed by atoms with E-state index in [1.807, 2.05) is 24.3 Å². The van der Waals surface area contributed by atoms with Crippen molar-refractivity contribution in [1.29, 1.82) is 0 Å². The molecule has 0 amide bonds. The van der Waals surface area contributed by atoms with Crippen molar-refractivity contribution in [3.63, 3.8) is 0 Å². The maximum absolute atomic E-state index is 9.96. The third kappa shape index (κ3) is 1.82. The van der Waals surface area contributed by atoms with Crippen LogP contribution in [0.25, 0.3) is 21.8 Å². The van der Waals surface area contributed by atoms with Gasteiger partial charge >= 0.3 is 0 Å². The minimum Gasteiger partial charge on any atom is -0.389 e. The predicted octanol–water partition coefficient (Wildman–Crippen LogP) is 3.32. The molecule has 0 saturated heterocycles. The fourth-order valence-corrected chi connectivity index (χ4v) is 2.74. The number of methoxy groups -OCH3 is 1. The first-order chi connectivity index (χ1) is 9.24. The highest BCUT2D eigenvalue weighted by Gasteiger charge is 2.21. The molecule has 3 heteroatoms. The van der Waals surface area contributed by atoms with Crippen LogP contribution in [0.1, 0.15) is 13.2 Å². The number of hydrogen-bond acceptors (Lipinski definition) is 2. The van der Waals surface area contributed by atoms with Gasteiger partial charge in [0, 0.05) is 17.9 Å². The lowest BCUT2D eigenvalue weighted by Gasteiger charge is -2.22. The highest BCUT2D eigenvalue weighted by Crippen LogP contribution is 2.32. The van der Waals surface area contributed by atoms with Crippen LogP contribution < -0.4 is 0 Å². The molecule has 0 saturated carbocycles. The lowest BCUT2D eigenvalue weighted by molar-refractivity contribution is -0.0442. The van der Waals surface area contributed by atoms with Gasteiger partial charge in [-0.3, -0.25) is 0 Å². The van der Waals surface area contributed by atoms with Crippen molar-refractivity contribution in [3.8, 4) is 0 Å². The molecule has 0 radical (unpaired) electrons. The van der Waals surface area contributed by atoms with Crippen molar-refractivity contribution in [2.75, 3.05) is 7.11 Å². The minimum absolute atomic E-state index is 0.384. The van der Waals surface area contributed by atoms with E-state index in [0.29, 0.717) is 0 Å². The molecule has 1 N–H and O–H groups in total. The van der Waals surface area contributed by atoms with Crippen LogP contribution in [-0.4, -0.2) is 22.9 Å². The number of hydrogen-bond donors (Lipinski definition) is 1. The molecule has 0 aliphatic heterocycles. The van der Waals surface area contributed by atoms with Gasteiger partial charge in [0.2, 0.25) is 0 Å². The van der Waals surface area contributed by atoms with Gasteiger partial charge in [-0.2, -0.15) is 0 Å². The maximum atomic E-state index is 9.96. The number of rotatable bonds is 3. The number of ether oxygens (including phenoxy) is 1. The molecule has 3 rings (SSSR count). The topological polar surface area (TPSA) is 34.4 Å². The summed E-state index contributed by atoms with van der Waals surface area (Å²) in [5.74, 6) is 0. The Kier molecular flexibility index (Phi) is 3.01. The summed E-state index contributed by atoms with van der Waals surface area (Å²) in [7, 11) is 1.63. The number of aliphatic hydroxyl groups is 1. The number of aromatic nitrogens is 1. The molecule has 2 aromatic carbocycles. The van der Waals surface area contributed by atoms with Crippen LogP contribution in [0.2, 0.25) is 0 Å². The lowest BCUT2D eigenvalue weighted by Crippen LogP contribution is -2.22. The van der Waals surface area contributed by atoms with Gasteiger partial charge in [0.1, 0.15) is 0 Å². The van der Waals surface area contributed by atoms with E-state index < -0.39 is 6.10 Å². The summed E-state index contributed by atoms with van der Waals surface area (Å²) in [6.07, 6.45) is -0.964. The van der Waals surface area contributed by atoms with Crippen molar-refractivity contribution in [2.24, 2.45) is 0 Å². The number of para-hydroxylation sites is 2. The minimum atomic E-state index is -0.579. The zero-order chi connectivity index (χ0) is 13.4. The summed E-state index contributed by atoms with van der Waals surface area (Å²) in [6, 6.07) is 16.4. The largest absolute Gasteiger partial charge is 0.389 e. The Morgan fingerprint density at radius 3 is 1.84 bits per heavy atom. The van der Waals surface area contributed by atoms with Gasteiger partial charge in [-0.1, -0.05) is 36.4 Å². The highest BCUT2D eigenvalue weighted by atomic mass is 16.5. The predicted molar refractivity (Wildman–Crippen MR) is 77.2 cm³/mol. The summed E-state index contributed by atoms with van der Waals surface area (Å²) in [4.78, 5) is 0. The van der Waals surface area contributed by atoms with Gasteiger partial charge in [-0.05, 0) is 19.1 Å². The van der Waals surface area contributed by atoms with Crippen LogP contribution in [0.5, 0.6) is 0 Å². The summed E-state index contributed by atoms with van der Waals surface area (Å²) in [6.45, 7) is 1.75. The molecule has 19 heavy (non-hydrogen) atoms. The van der Waals surface area contributed by atoms with Crippen LogP contribution in [0.4, 0.5) is 0 Å². The van der Waals surface area contributed by atoms with E-state index in [9.17, 15) is 5.11 Å². The average molecular weight is 255 g/mol. The standard InChI is InChI=1S/C16H17NO2/c1-11(18)16(19-2)17-14-9-5-3-7-12(14)13-8-4-6-10-15(13)17/h3-11,16,18H,1-2H3/t11-,16-/m1/s1. The number of aliphatic hydroxyl groups excluding tert-OH is 1. The van der Waals surface area contributed by atoms with Crippen molar-refractivity contribution >= 4 is 21.8 Å². The first-order valence-electron chi connectivity index (χ1n) is 6.42. The maximum Gasteiger partial charge on any atom is 0.159 e. The molecular weight excluding hydrogens is 238 g/mol. The molecule has 0 aliphatic rings. The first-order valence-corrected chi connectivity index (χ1v) is 6.42. The zero-order valence-electron chi connectivity index (χ0n) is 11.1. The monoisotopic (exact) mass is 255 g/mol. The van der Waals surface area contributed by atoms with Crippen LogP contribution in [0.15, 0.2) is 48.5 Å². The smallest absolute Gasteiger partial charge is 0.159 e. The molecular formula is C16H17NO2. The molecule has 0 unspecified atom stereocenters. The molecule has 0 bridgehead atoms. The van der Waals surface area contributed by atoms with E-state index in [2.05, 4.69) is 28.8 Å². The summed E-state index contributed by atoms with van der Waals surface area (Å²) in [5, 5.41) is 12.3. The van der Waals surface area contributed by atoms with Crippen molar-refractivity contribution in [1.82, 2.24) is 4.57 Å². The fraction of sp³-hybridized carbons (Fsp3) is 0.250. The molecule has 1 heterocycles. The van der Waals surface area contributed by atoms with Crippen LogP contribution in [-0.2, 0) is 4.74 Å². The lowest BCUT2D eigenvalue weighted by atomic mass is 10.2. The first kappa shape index (κ1) is 12.2. The van der Waals surface area contributed by atoms with E-state index in [4.69, 9.17) is 4.74 Å². The Bertz CT molecular complexity index is 662. The van der Waals surface area contributed by atoms with Gasteiger partial charge in [-0.25, -0.2) is 0 Å². The van der Waals surface area contributed by atoms with E-state index >= 15 is 0 Å². The van der Waals surface area contributed by atoms with Crippen molar-refractivity contribution in [3.05, 3.63) is 48.5 Å². The van der Waals surface area contributed by atoms with E-state index in [1.165, 1.54) is 10.8 Å². The number of fused-ring (bicyclic) bond motifs is 3. The fourth-order valence-electron chi connectivity index (χ4n) is 2.74. The molecule has 0 aliphatic carbocycles. The molecule has 1 aromatic heterocycles. The third-order valence-corrected chi connectivity index (χ3v) is 3.53. The molecule has 3 aromatic rings. The van der Waals surface area contributed by atoms with Crippen LogP contribution in [0, 0.1) is 0 Å². The van der Waals surface area contributed by atoms with Gasteiger partial charge in [0.25, 0.3) is 0 Å². The van der Waals surface area contributed by atoms with Gasteiger partial charge in [0.15, 0.2) is 6.23 Å². The van der Waals surface area contributed by atoms with E-state index in [1.54, 1.807) is 14.0 Å². The second-order valence-electron chi connectivity index (χ2n) is 4.77. The summed E-state index contributed by atoms with van der Waals surface area (Å²) < 4.78 is 7.55. The van der Waals surface area contributed by atoms with Gasteiger partial charge < -0.3 is 14.4 Å². The quantitative estimate of drug-likeness (QED) is 0.779. The normalized spacial score (nSPS) is 14.9. The van der Waals surface area contributed by atoms with Crippen molar-refractivity contribution in [2.45, 2.75) is 19.3 Å². The zero-order valence-corrected chi connectivity index (χ0v) is 11.1. The Morgan fingerprint density at radius 1 is 0.947 bits per heavy atom. The van der Waals surface area contributed by atoms with E-state index in [-0.39, 0.29) is 6.23 Å². The Balaban J connectivity index is 2.42. The molecule has 2 atom stereocenters. The van der Waals surface area contributed by atoms with Gasteiger partial charge in [0.05, 0.1) is 17.1 Å². The SMILES string of the molecule is CO[C@H]([C@@H](C)O)n1c2ccccc2c2ccccc21.